The molecule has 0 aliphatic carbocycles. The van der Waals surface area contributed by atoms with Gasteiger partial charge in [0, 0.05) is 39.0 Å². The first-order chi connectivity index (χ1) is 8.22. The lowest BCUT2D eigenvalue weighted by Gasteiger charge is -2.29. The molecule has 1 aliphatic heterocycles. The minimum atomic E-state index is -1.07. The van der Waals surface area contributed by atoms with Crippen molar-refractivity contribution in [2.75, 3.05) is 20.3 Å². The summed E-state index contributed by atoms with van der Waals surface area (Å²) in [6.45, 7) is 1.93. The van der Waals surface area contributed by atoms with Crippen LogP contribution in [0.15, 0.2) is 24.3 Å². The number of rotatable bonds is 4. The Morgan fingerprint density at radius 3 is 2.71 bits per heavy atom. The van der Waals surface area contributed by atoms with Gasteiger partial charge in [0.05, 0.1) is 0 Å². The van der Waals surface area contributed by atoms with E-state index >= 15 is 0 Å². The third kappa shape index (κ3) is 3.51. The first kappa shape index (κ1) is 12.5. The zero-order chi connectivity index (χ0) is 12.1. The molecule has 1 aromatic rings. The van der Waals surface area contributed by atoms with E-state index < -0.39 is 5.67 Å². The summed E-state index contributed by atoms with van der Waals surface area (Å²) in [5, 5.41) is 3.11. The summed E-state index contributed by atoms with van der Waals surface area (Å²) in [7, 11) is 1.92. The molecule has 1 heterocycles. The summed E-state index contributed by atoms with van der Waals surface area (Å²) >= 11 is 0. The Kier molecular flexibility index (Phi) is 4.13. The van der Waals surface area contributed by atoms with E-state index in [2.05, 4.69) is 17.4 Å². The van der Waals surface area contributed by atoms with E-state index in [9.17, 15) is 4.39 Å². The fraction of sp³-hybridized carbons (Fsp3) is 0.571. The zero-order valence-electron chi connectivity index (χ0n) is 10.3. The molecule has 0 unspecified atom stereocenters. The van der Waals surface area contributed by atoms with Gasteiger partial charge in [0.15, 0.2) is 0 Å². The minimum Gasteiger partial charge on any atom is -0.381 e. The number of benzene rings is 1. The quantitative estimate of drug-likeness (QED) is 0.868. The van der Waals surface area contributed by atoms with E-state index in [-0.39, 0.29) is 0 Å². The second kappa shape index (κ2) is 5.61. The molecular weight excluding hydrogens is 217 g/mol. The van der Waals surface area contributed by atoms with Crippen LogP contribution in [0.5, 0.6) is 0 Å². The maximum absolute atomic E-state index is 14.5. The predicted molar refractivity (Wildman–Crippen MR) is 66.8 cm³/mol. The molecule has 0 aromatic heterocycles. The topological polar surface area (TPSA) is 21.3 Å². The van der Waals surface area contributed by atoms with Gasteiger partial charge in [-0.1, -0.05) is 24.3 Å². The van der Waals surface area contributed by atoms with Crippen molar-refractivity contribution in [2.45, 2.75) is 31.5 Å². The fourth-order valence-electron chi connectivity index (χ4n) is 2.33. The summed E-state index contributed by atoms with van der Waals surface area (Å²) in [5.74, 6) is 0. The number of hydrogen-bond acceptors (Lipinski definition) is 2. The van der Waals surface area contributed by atoms with E-state index in [0.29, 0.717) is 32.5 Å². The summed E-state index contributed by atoms with van der Waals surface area (Å²) in [6.07, 6.45) is 1.54. The SMILES string of the molecule is CNCc1cccc(CC2(F)CCOCC2)c1. The number of hydrogen-bond donors (Lipinski definition) is 1. The van der Waals surface area contributed by atoms with Gasteiger partial charge in [-0.2, -0.15) is 0 Å². The van der Waals surface area contributed by atoms with Crippen LogP contribution in [0.4, 0.5) is 4.39 Å². The smallest absolute Gasteiger partial charge is 0.119 e. The highest BCUT2D eigenvalue weighted by atomic mass is 19.1. The first-order valence-corrected chi connectivity index (χ1v) is 6.21. The molecule has 1 N–H and O–H groups in total. The van der Waals surface area contributed by atoms with Crippen molar-refractivity contribution in [3.05, 3.63) is 35.4 Å². The molecule has 3 heteroatoms. The highest BCUT2D eigenvalue weighted by Gasteiger charge is 2.32. The Labute approximate surface area is 102 Å². The molecule has 0 radical (unpaired) electrons. The molecule has 1 saturated heterocycles. The van der Waals surface area contributed by atoms with Crippen LogP contribution in [0.3, 0.4) is 0 Å². The summed E-state index contributed by atoms with van der Waals surface area (Å²) in [5.41, 5.74) is 1.22. The Morgan fingerprint density at radius 1 is 1.29 bits per heavy atom. The first-order valence-electron chi connectivity index (χ1n) is 6.21. The molecule has 17 heavy (non-hydrogen) atoms. The van der Waals surface area contributed by atoms with Crippen LogP contribution in [0.25, 0.3) is 0 Å². The van der Waals surface area contributed by atoms with Crippen molar-refractivity contribution in [3.8, 4) is 0 Å². The lowest BCUT2D eigenvalue weighted by molar-refractivity contribution is -0.00816. The maximum atomic E-state index is 14.5. The van der Waals surface area contributed by atoms with Gasteiger partial charge in [0.1, 0.15) is 5.67 Å². The Hall–Kier alpha value is -0.930. The summed E-state index contributed by atoms with van der Waals surface area (Å²) in [6, 6.07) is 8.17. The minimum absolute atomic E-state index is 0.508. The molecule has 94 valence electrons. The third-order valence-corrected chi connectivity index (χ3v) is 3.28. The van der Waals surface area contributed by atoms with Crippen molar-refractivity contribution < 1.29 is 9.13 Å². The second-order valence-corrected chi connectivity index (χ2v) is 4.79. The number of ether oxygens (including phenoxy) is 1. The van der Waals surface area contributed by atoms with Crippen molar-refractivity contribution in [3.63, 3.8) is 0 Å². The van der Waals surface area contributed by atoms with Gasteiger partial charge in [-0.15, -0.1) is 0 Å². The van der Waals surface area contributed by atoms with Crippen molar-refractivity contribution in [1.82, 2.24) is 5.32 Å². The Balaban J connectivity index is 2.04. The molecule has 2 nitrogen and oxygen atoms in total. The average Bonchev–Trinajstić information content (AvgIpc) is 2.30. The van der Waals surface area contributed by atoms with E-state index in [0.717, 1.165) is 12.1 Å². The lowest BCUT2D eigenvalue weighted by Crippen LogP contribution is -2.33. The fourth-order valence-corrected chi connectivity index (χ4v) is 2.33. The summed E-state index contributed by atoms with van der Waals surface area (Å²) < 4.78 is 19.7. The standard InChI is InChI=1S/C14H20FNO/c1-16-11-13-4-2-3-12(9-13)10-14(15)5-7-17-8-6-14/h2-4,9,16H,5-8,10-11H2,1H3. The zero-order valence-corrected chi connectivity index (χ0v) is 10.3. The Morgan fingerprint density at radius 2 is 2.00 bits per heavy atom. The van der Waals surface area contributed by atoms with Gasteiger partial charge in [-0.05, 0) is 18.2 Å². The van der Waals surface area contributed by atoms with Crippen LogP contribution >= 0.6 is 0 Å². The highest BCUT2D eigenvalue weighted by Crippen LogP contribution is 2.29. The number of halogens is 1. The molecule has 1 fully saturated rings. The van der Waals surface area contributed by atoms with E-state index in [1.54, 1.807) is 0 Å². The molecule has 2 rings (SSSR count). The normalized spacial score (nSPS) is 19.2. The van der Waals surface area contributed by atoms with E-state index in [1.165, 1.54) is 5.56 Å². The molecule has 0 spiro atoms. The molecule has 0 atom stereocenters. The number of alkyl halides is 1. The second-order valence-electron chi connectivity index (χ2n) is 4.79. The van der Waals surface area contributed by atoms with Crippen molar-refractivity contribution >= 4 is 0 Å². The van der Waals surface area contributed by atoms with Gasteiger partial charge in [0.25, 0.3) is 0 Å². The van der Waals surface area contributed by atoms with Crippen LogP contribution in [0.1, 0.15) is 24.0 Å². The maximum Gasteiger partial charge on any atom is 0.119 e. The molecule has 0 saturated carbocycles. The third-order valence-electron chi connectivity index (χ3n) is 3.28. The van der Waals surface area contributed by atoms with Crippen LogP contribution < -0.4 is 5.32 Å². The van der Waals surface area contributed by atoms with Gasteiger partial charge in [-0.25, -0.2) is 4.39 Å². The van der Waals surface area contributed by atoms with Gasteiger partial charge in [-0.3, -0.25) is 0 Å². The average molecular weight is 237 g/mol. The van der Waals surface area contributed by atoms with Gasteiger partial charge >= 0.3 is 0 Å². The van der Waals surface area contributed by atoms with Crippen molar-refractivity contribution in [2.24, 2.45) is 0 Å². The number of nitrogens with one attached hydrogen (secondary N) is 1. The summed E-state index contributed by atoms with van der Waals surface area (Å²) in [4.78, 5) is 0. The molecular formula is C14H20FNO. The molecule has 0 bridgehead atoms. The van der Waals surface area contributed by atoms with Crippen LogP contribution in [0.2, 0.25) is 0 Å². The highest BCUT2D eigenvalue weighted by molar-refractivity contribution is 5.25. The predicted octanol–water partition coefficient (Wildman–Crippen LogP) is 2.47. The van der Waals surface area contributed by atoms with Gasteiger partial charge in [0.2, 0.25) is 0 Å². The monoisotopic (exact) mass is 237 g/mol. The molecule has 1 aromatic carbocycles. The van der Waals surface area contributed by atoms with E-state index in [1.807, 2.05) is 19.2 Å². The van der Waals surface area contributed by atoms with Crippen LogP contribution in [-0.4, -0.2) is 25.9 Å². The largest absolute Gasteiger partial charge is 0.381 e. The van der Waals surface area contributed by atoms with E-state index in [4.69, 9.17) is 4.74 Å². The lowest BCUT2D eigenvalue weighted by atomic mass is 9.89. The van der Waals surface area contributed by atoms with Crippen LogP contribution in [-0.2, 0) is 17.7 Å². The molecule has 0 amide bonds. The Bertz CT molecular complexity index is 361. The van der Waals surface area contributed by atoms with Crippen molar-refractivity contribution in [1.29, 1.82) is 0 Å². The molecule has 1 aliphatic rings. The van der Waals surface area contributed by atoms with Crippen LogP contribution in [0, 0.1) is 0 Å². The van der Waals surface area contributed by atoms with Gasteiger partial charge < -0.3 is 10.1 Å².